The van der Waals surface area contributed by atoms with Crippen molar-refractivity contribution in [3.8, 4) is 0 Å². The Morgan fingerprint density at radius 3 is 2.75 bits per heavy atom. The van der Waals surface area contributed by atoms with Gasteiger partial charge in [-0.1, -0.05) is 18.7 Å². The van der Waals surface area contributed by atoms with E-state index in [0.717, 1.165) is 0 Å². The summed E-state index contributed by atoms with van der Waals surface area (Å²) in [6.07, 6.45) is 1.53. The van der Waals surface area contributed by atoms with Crippen LogP contribution in [0.1, 0.15) is 5.56 Å². The SMILES string of the molecule is C=Cc1ccc(N)c([N+](=O)[O-])c1. The monoisotopic (exact) mass is 164 g/mol. The first kappa shape index (κ1) is 8.26. The van der Waals surface area contributed by atoms with Gasteiger partial charge in [0, 0.05) is 6.07 Å². The lowest BCUT2D eigenvalue weighted by atomic mass is 10.2. The predicted molar refractivity (Wildman–Crippen MR) is 47.6 cm³/mol. The number of anilines is 1. The van der Waals surface area contributed by atoms with Gasteiger partial charge in [0.25, 0.3) is 5.69 Å². The van der Waals surface area contributed by atoms with Crippen molar-refractivity contribution in [3.05, 3.63) is 40.5 Å². The van der Waals surface area contributed by atoms with Crippen LogP contribution < -0.4 is 5.73 Å². The Morgan fingerprint density at radius 2 is 2.25 bits per heavy atom. The Kier molecular flexibility index (Phi) is 2.09. The van der Waals surface area contributed by atoms with Crippen molar-refractivity contribution in [1.29, 1.82) is 0 Å². The van der Waals surface area contributed by atoms with Crippen LogP contribution in [-0.4, -0.2) is 4.92 Å². The lowest BCUT2D eigenvalue weighted by molar-refractivity contribution is -0.383. The third-order valence-corrected chi connectivity index (χ3v) is 1.49. The summed E-state index contributed by atoms with van der Waals surface area (Å²) in [7, 11) is 0. The Hall–Kier alpha value is -1.84. The Labute approximate surface area is 69.5 Å². The standard InChI is InChI=1S/C8H8N2O2/c1-2-6-3-4-7(9)8(5-6)10(11)12/h2-5H,1,9H2. The molecule has 0 saturated heterocycles. The molecule has 1 aromatic rings. The molecule has 0 heterocycles. The van der Waals surface area contributed by atoms with E-state index in [1.165, 1.54) is 18.2 Å². The molecule has 1 aromatic carbocycles. The second-order valence-corrected chi connectivity index (χ2v) is 2.28. The second kappa shape index (κ2) is 3.04. The van der Waals surface area contributed by atoms with Crippen molar-refractivity contribution in [1.82, 2.24) is 0 Å². The van der Waals surface area contributed by atoms with Crippen LogP contribution in [0, 0.1) is 10.1 Å². The van der Waals surface area contributed by atoms with E-state index in [1.54, 1.807) is 6.07 Å². The minimum Gasteiger partial charge on any atom is -0.393 e. The number of nitrogen functional groups attached to an aromatic ring is 1. The van der Waals surface area contributed by atoms with Gasteiger partial charge in [0.05, 0.1) is 4.92 Å². The molecule has 0 radical (unpaired) electrons. The van der Waals surface area contributed by atoms with Crippen molar-refractivity contribution in [2.75, 3.05) is 5.73 Å². The van der Waals surface area contributed by atoms with Gasteiger partial charge in [0.1, 0.15) is 5.69 Å². The van der Waals surface area contributed by atoms with Crippen LogP contribution in [0.3, 0.4) is 0 Å². The van der Waals surface area contributed by atoms with Crippen LogP contribution in [0.2, 0.25) is 0 Å². The van der Waals surface area contributed by atoms with Gasteiger partial charge in [-0.15, -0.1) is 0 Å². The first-order valence-electron chi connectivity index (χ1n) is 3.31. The molecule has 0 unspecified atom stereocenters. The van der Waals surface area contributed by atoms with E-state index < -0.39 is 4.92 Å². The molecule has 12 heavy (non-hydrogen) atoms. The molecule has 0 aliphatic rings. The van der Waals surface area contributed by atoms with Gasteiger partial charge in [-0.05, 0) is 11.6 Å². The third-order valence-electron chi connectivity index (χ3n) is 1.49. The van der Waals surface area contributed by atoms with Crippen molar-refractivity contribution in [3.63, 3.8) is 0 Å². The highest BCUT2D eigenvalue weighted by Gasteiger charge is 2.09. The maximum atomic E-state index is 10.4. The molecule has 62 valence electrons. The van der Waals surface area contributed by atoms with E-state index in [-0.39, 0.29) is 11.4 Å². The van der Waals surface area contributed by atoms with Crippen molar-refractivity contribution in [2.45, 2.75) is 0 Å². The van der Waals surface area contributed by atoms with Crippen molar-refractivity contribution in [2.24, 2.45) is 0 Å². The lowest BCUT2D eigenvalue weighted by Gasteiger charge is -1.97. The fourth-order valence-electron chi connectivity index (χ4n) is 0.846. The van der Waals surface area contributed by atoms with E-state index in [2.05, 4.69) is 6.58 Å². The minimum atomic E-state index is -0.512. The molecule has 0 amide bonds. The van der Waals surface area contributed by atoms with Crippen molar-refractivity contribution >= 4 is 17.5 Å². The molecule has 0 saturated carbocycles. The summed E-state index contributed by atoms with van der Waals surface area (Å²) in [5, 5.41) is 10.4. The van der Waals surface area contributed by atoms with E-state index in [9.17, 15) is 10.1 Å². The molecule has 0 aliphatic heterocycles. The van der Waals surface area contributed by atoms with Crippen LogP contribution in [0.25, 0.3) is 6.08 Å². The lowest BCUT2D eigenvalue weighted by Crippen LogP contribution is -1.95. The van der Waals surface area contributed by atoms with Crippen LogP contribution in [0.15, 0.2) is 24.8 Å². The molecule has 0 aromatic heterocycles. The number of nitrogens with zero attached hydrogens (tertiary/aromatic N) is 1. The molecule has 2 N–H and O–H groups in total. The number of nitro benzene ring substituents is 1. The molecule has 1 rings (SSSR count). The molecule has 0 aliphatic carbocycles. The number of nitro groups is 1. The van der Waals surface area contributed by atoms with E-state index in [1.807, 2.05) is 0 Å². The largest absolute Gasteiger partial charge is 0.393 e. The van der Waals surface area contributed by atoms with Gasteiger partial charge in [0.2, 0.25) is 0 Å². The number of hydrogen-bond acceptors (Lipinski definition) is 3. The zero-order valence-corrected chi connectivity index (χ0v) is 6.36. The number of nitrogens with two attached hydrogens (primary N) is 1. The quantitative estimate of drug-likeness (QED) is 0.411. The Balaban J connectivity index is 3.25. The highest BCUT2D eigenvalue weighted by Crippen LogP contribution is 2.22. The van der Waals surface area contributed by atoms with Crippen LogP contribution >= 0.6 is 0 Å². The van der Waals surface area contributed by atoms with Crippen LogP contribution in [0.5, 0.6) is 0 Å². The predicted octanol–water partition coefficient (Wildman–Crippen LogP) is 1.82. The minimum absolute atomic E-state index is 0.0765. The zero-order chi connectivity index (χ0) is 9.14. The fraction of sp³-hybridized carbons (Fsp3) is 0. The van der Waals surface area contributed by atoms with Gasteiger partial charge in [-0.2, -0.15) is 0 Å². The molecular weight excluding hydrogens is 156 g/mol. The molecule has 0 atom stereocenters. The maximum Gasteiger partial charge on any atom is 0.292 e. The van der Waals surface area contributed by atoms with Gasteiger partial charge in [-0.25, -0.2) is 0 Å². The van der Waals surface area contributed by atoms with E-state index in [0.29, 0.717) is 5.56 Å². The highest BCUT2D eigenvalue weighted by molar-refractivity contribution is 5.64. The summed E-state index contributed by atoms with van der Waals surface area (Å²) < 4.78 is 0. The third kappa shape index (κ3) is 1.42. The summed E-state index contributed by atoms with van der Waals surface area (Å²) in [4.78, 5) is 9.87. The maximum absolute atomic E-state index is 10.4. The van der Waals surface area contributed by atoms with Gasteiger partial charge >= 0.3 is 0 Å². The highest BCUT2D eigenvalue weighted by atomic mass is 16.6. The number of rotatable bonds is 2. The average Bonchev–Trinajstić information content (AvgIpc) is 2.05. The summed E-state index contributed by atoms with van der Waals surface area (Å²) in [6, 6.07) is 4.56. The summed E-state index contributed by atoms with van der Waals surface area (Å²) in [5.74, 6) is 0. The topological polar surface area (TPSA) is 69.2 Å². The molecule has 0 spiro atoms. The number of benzene rings is 1. The van der Waals surface area contributed by atoms with Crippen molar-refractivity contribution < 1.29 is 4.92 Å². The van der Waals surface area contributed by atoms with E-state index >= 15 is 0 Å². The van der Waals surface area contributed by atoms with Gasteiger partial charge in [-0.3, -0.25) is 10.1 Å². The zero-order valence-electron chi connectivity index (χ0n) is 6.36. The summed E-state index contributed by atoms with van der Waals surface area (Å²) in [5.41, 5.74) is 6.16. The molecular formula is C8H8N2O2. The summed E-state index contributed by atoms with van der Waals surface area (Å²) in [6.45, 7) is 3.50. The smallest absolute Gasteiger partial charge is 0.292 e. The van der Waals surface area contributed by atoms with Gasteiger partial charge in [0.15, 0.2) is 0 Å². The Bertz CT molecular complexity index is 334. The first-order chi connectivity index (χ1) is 5.65. The normalized spacial score (nSPS) is 9.33. The Morgan fingerprint density at radius 1 is 1.58 bits per heavy atom. The molecule has 0 bridgehead atoms. The average molecular weight is 164 g/mol. The second-order valence-electron chi connectivity index (χ2n) is 2.28. The molecule has 0 fully saturated rings. The fourth-order valence-corrected chi connectivity index (χ4v) is 0.846. The summed E-state index contributed by atoms with van der Waals surface area (Å²) >= 11 is 0. The first-order valence-corrected chi connectivity index (χ1v) is 3.31. The molecule has 4 heteroatoms. The van der Waals surface area contributed by atoms with E-state index in [4.69, 9.17) is 5.73 Å². The van der Waals surface area contributed by atoms with Crippen LogP contribution in [-0.2, 0) is 0 Å². The van der Waals surface area contributed by atoms with Crippen LogP contribution in [0.4, 0.5) is 11.4 Å². The molecule has 4 nitrogen and oxygen atoms in total. The number of hydrogen-bond donors (Lipinski definition) is 1. The van der Waals surface area contributed by atoms with Gasteiger partial charge < -0.3 is 5.73 Å².